The molecule has 134 valence electrons. The lowest BCUT2D eigenvalue weighted by molar-refractivity contribution is -0.144. The zero-order valence-electron chi connectivity index (χ0n) is 15.1. The van der Waals surface area contributed by atoms with Crippen LogP contribution in [0.5, 0.6) is 0 Å². The second kappa shape index (κ2) is 7.46. The summed E-state index contributed by atoms with van der Waals surface area (Å²) in [5.74, 6) is -1.31. The summed E-state index contributed by atoms with van der Waals surface area (Å²) in [6.07, 6.45) is 1.49. The first-order chi connectivity index (χ1) is 11.8. The molecule has 1 amide bonds. The maximum absolute atomic E-state index is 12.7. The van der Waals surface area contributed by atoms with Crippen LogP contribution in [0.15, 0.2) is 23.1 Å². The van der Waals surface area contributed by atoms with Crippen LogP contribution in [-0.2, 0) is 16.1 Å². The highest BCUT2D eigenvalue weighted by Crippen LogP contribution is 2.12. The average molecular weight is 345 g/mol. The van der Waals surface area contributed by atoms with Gasteiger partial charge in [-0.2, -0.15) is 0 Å². The van der Waals surface area contributed by atoms with E-state index in [1.807, 2.05) is 13.8 Å². The molecule has 7 heteroatoms. The van der Waals surface area contributed by atoms with Gasteiger partial charge in [-0.15, -0.1) is 0 Å². The zero-order chi connectivity index (χ0) is 18.7. The van der Waals surface area contributed by atoms with Crippen molar-refractivity contribution in [3.63, 3.8) is 0 Å². The monoisotopic (exact) mass is 345 g/mol. The Morgan fingerprint density at radius 3 is 2.56 bits per heavy atom. The summed E-state index contributed by atoms with van der Waals surface area (Å²) in [6.45, 7) is 7.88. The topological polar surface area (TPSA) is 90.3 Å². The fourth-order valence-corrected chi connectivity index (χ4v) is 2.61. The number of aryl methyl sites for hydroxylation is 2. The summed E-state index contributed by atoms with van der Waals surface area (Å²) >= 11 is 0. The third kappa shape index (κ3) is 3.70. The predicted octanol–water partition coefficient (Wildman–Crippen LogP) is 1.65. The predicted molar refractivity (Wildman–Crippen MR) is 94.5 cm³/mol. The van der Waals surface area contributed by atoms with E-state index in [0.29, 0.717) is 17.6 Å². The molecule has 0 radical (unpaired) electrons. The Morgan fingerprint density at radius 1 is 1.32 bits per heavy atom. The third-order valence-electron chi connectivity index (χ3n) is 4.05. The van der Waals surface area contributed by atoms with Gasteiger partial charge in [-0.25, -0.2) is 9.78 Å². The quantitative estimate of drug-likeness (QED) is 0.832. The molecule has 0 spiro atoms. The van der Waals surface area contributed by atoms with Crippen molar-refractivity contribution >= 4 is 22.9 Å². The number of esters is 1. The minimum atomic E-state index is -0.821. The molecule has 2 heterocycles. The molecule has 2 aromatic heterocycles. The minimum Gasteiger partial charge on any atom is -0.467 e. The number of carbonyl (C=O) groups is 2. The summed E-state index contributed by atoms with van der Waals surface area (Å²) in [5, 5.41) is 2.98. The molecule has 0 aromatic carbocycles. The zero-order valence-corrected chi connectivity index (χ0v) is 15.1. The molecule has 0 fully saturated rings. The van der Waals surface area contributed by atoms with Crippen LogP contribution in [-0.4, -0.2) is 34.6 Å². The fraction of sp³-hybridized carbons (Fsp3) is 0.444. The number of carbonyl (C=O) groups excluding carboxylic acids is 2. The molecule has 0 aliphatic carbocycles. The van der Waals surface area contributed by atoms with Gasteiger partial charge in [-0.05, 0) is 31.9 Å². The van der Waals surface area contributed by atoms with E-state index in [-0.39, 0.29) is 11.5 Å². The van der Waals surface area contributed by atoms with Gasteiger partial charge in [0.1, 0.15) is 17.3 Å². The summed E-state index contributed by atoms with van der Waals surface area (Å²) in [4.78, 5) is 41.6. The molecule has 0 saturated carbocycles. The van der Waals surface area contributed by atoms with E-state index in [2.05, 4.69) is 10.3 Å². The van der Waals surface area contributed by atoms with Crippen LogP contribution in [0.3, 0.4) is 0 Å². The van der Waals surface area contributed by atoms with Gasteiger partial charge in [-0.1, -0.05) is 13.8 Å². The Morgan fingerprint density at radius 2 is 2.00 bits per heavy atom. The largest absolute Gasteiger partial charge is 0.467 e. The highest BCUT2D eigenvalue weighted by molar-refractivity contribution is 5.98. The van der Waals surface area contributed by atoms with Crippen molar-refractivity contribution in [1.82, 2.24) is 14.9 Å². The third-order valence-corrected chi connectivity index (χ3v) is 4.05. The van der Waals surface area contributed by atoms with Crippen LogP contribution < -0.4 is 10.7 Å². The molecule has 1 atom stereocenters. The molecular weight excluding hydrogens is 322 g/mol. The Kier molecular flexibility index (Phi) is 5.56. The number of hydrogen-bond donors (Lipinski definition) is 1. The molecular formula is C18H23N3O4. The molecule has 0 bridgehead atoms. The van der Waals surface area contributed by atoms with Gasteiger partial charge in [0, 0.05) is 18.4 Å². The second-order valence-electron chi connectivity index (χ2n) is 6.20. The summed E-state index contributed by atoms with van der Waals surface area (Å²) in [6, 6.07) is 2.58. The van der Waals surface area contributed by atoms with Crippen LogP contribution in [0.25, 0.3) is 11.0 Å². The molecule has 0 aliphatic heterocycles. The first-order valence-corrected chi connectivity index (χ1v) is 8.19. The van der Waals surface area contributed by atoms with E-state index < -0.39 is 23.3 Å². The second-order valence-corrected chi connectivity index (χ2v) is 6.20. The van der Waals surface area contributed by atoms with Crippen LogP contribution in [0.4, 0.5) is 0 Å². The molecule has 0 aliphatic rings. The van der Waals surface area contributed by atoms with Crippen molar-refractivity contribution in [3.8, 4) is 0 Å². The van der Waals surface area contributed by atoms with Crippen molar-refractivity contribution in [2.45, 2.75) is 40.3 Å². The molecule has 0 unspecified atom stereocenters. The maximum Gasteiger partial charge on any atom is 0.328 e. The normalized spacial score (nSPS) is 12.2. The maximum atomic E-state index is 12.7. The standard InChI is InChI=1S/C18H23N3O4/c1-6-21-9-13(15(22)12-8-7-11(4)19-16(12)21)17(23)20-14(10(2)3)18(24)25-5/h7-10,14H,6H2,1-5H3,(H,20,23)/t14-/m0/s1. The number of fused-ring (bicyclic) bond motifs is 1. The van der Waals surface area contributed by atoms with Gasteiger partial charge in [0.15, 0.2) is 0 Å². The Balaban J connectivity index is 2.52. The van der Waals surface area contributed by atoms with Crippen molar-refractivity contribution in [3.05, 3.63) is 39.8 Å². The van der Waals surface area contributed by atoms with Gasteiger partial charge >= 0.3 is 5.97 Å². The van der Waals surface area contributed by atoms with E-state index in [1.54, 1.807) is 30.5 Å². The van der Waals surface area contributed by atoms with Gasteiger partial charge < -0.3 is 14.6 Å². The van der Waals surface area contributed by atoms with Crippen molar-refractivity contribution in [2.75, 3.05) is 7.11 Å². The average Bonchev–Trinajstić information content (AvgIpc) is 2.58. The van der Waals surface area contributed by atoms with Crippen LogP contribution in [0.2, 0.25) is 0 Å². The van der Waals surface area contributed by atoms with Crippen molar-refractivity contribution in [1.29, 1.82) is 0 Å². The molecule has 2 aromatic rings. The number of rotatable bonds is 5. The highest BCUT2D eigenvalue weighted by atomic mass is 16.5. The van der Waals surface area contributed by atoms with Gasteiger partial charge in [-0.3, -0.25) is 9.59 Å². The van der Waals surface area contributed by atoms with Crippen LogP contribution >= 0.6 is 0 Å². The number of nitrogens with one attached hydrogen (secondary N) is 1. The number of ether oxygens (including phenoxy) is 1. The van der Waals surface area contributed by atoms with E-state index in [9.17, 15) is 14.4 Å². The first kappa shape index (κ1) is 18.6. The van der Waals surface area contributed by atoms with Gasteiger partial charge in [0.2, 0.25) is 5.43 Å². The Labute approximate surface area is 146 Å². The molecule has 25 heavy (non-hydrogen) atoms. The lowest BCUT2D eigenvalue weighted by atomic mass is 10.0. The number of aromatic nitrogens is 2. The number of hydrogen-bond acceptors (Lipinski definition) is 5. The van der Waals surface area contributed by atoms with E-state index in [4.69, 9.17) is 4.74 Å². The molecule has 1 N–H and O–H groups in total. The lowest BCUT2D eigenvalue weighted by Gasteiger charge is -2.20. The number of amides is 1. The molecule has 7 nitrogen and oxygen atoms in total. The fourth-order valence-electron chi connectivity index (χ4n) is 2.61. The number of methoxy groups -OCH3 is 1. The Hall–Kier alpha value is -2.70. The van der Waals surface area contributed by atoms with Crippen molar-refractivity contribution < 1.29 is 14.3 Å². The molecule has 2 rings (SSSR count). The van der Waals surface area contributed by atoms with Gasteiger partial charge in [0.25, 0.3) is 5.91 Å². The van der Waals surface area contributed by atoms with E-state index in [0.717, 1.165) is 5.69 Å². The highest BCUT2D eigenvalue weighted by Gasteiger charge is 2.27. The lowest BCUT2D eigenvalue weighted by Crippen LogP contribution is -2.46. The molecule has 0 saturated heterocycles. The van der Waals surface area contributed by atoms with E-state index in [1.165, 1.54) is 13.3 Å². The van der Waals surface area contributed by atoms with Crippen LogP contribution in [0.1, 0.15) is 36.8 Å². The van der Waals surface area contributed by atoms with Crippen molar-refractivity contribution in [2.24, 2.45) is 5.92 Å². The Bertz CT molecular complexity index is 870. The number of pyridine rings is 2. The summed E-state index contributed by atoms with van der Waals surface area (Å²) < 4.78 is 6.47. The summed E-state index contributed by atoms with van der Waals surface area (Å²) in [7, 11) is 1.26. The summed E-state index contributed by atoms with van der Waals surface area (Å²) in [5.41, 5.74) is 0.904. The van der Waals surface area contributed by atoms with Gasteiger partial charge in [0.05, 0.1) is 12.5 Å². The SMILES string of the molecule is CCn1cc(C(=O)N[C@H](C(=O)OC)C(C)C)c(=O)c2ccc(C)nc21. The number of nitrogens with zero attached hydrogens (tertiary/aromatic N) is 2. The minimum absolute atomic E-state index is 0.0189. The first-order valence-electron chi connectivity index (χ1n) is 8.19. The van der Waals surface area contributed by atoms with Crippen LogP contribution in [0, 0.1) is 12.8 Å². The van der Waals surface area contributed by atoms with E-state index >= 15 is 0 Å². The smallest absolute Gasteiger partial charge is 0.328 e.